The summed E-state index contributed by atoms with van der Waals surface area (Å²) in [4.78, 5) is 27.1. The van der Waals surface area contributed by atoms with Crippen molar-refractivity contribution in [3.63, 3.8) is 0 Å². The number of urea groups is 1. The number of benzene rings is 2. The monoisotopic (exact) mass is 546 g/mol. The average molecular weight is 547 g/mol. The van der Waals surface area contributed by atoms with Gasteiger partial charge in [-0.25, -0.2) is 14.2 Å². The van der Waals surface area contributed by atoms with E-state index >= 15 is 0 Å². The van der Waals surface area contributed by atoms with E-state index in [0.717, 1.165) is 46.7 Å². The molecule has 2 amide bonds. The highest BCUT2D eigenvalue weighted by Crippen LogP contribution is 2.41. The molecular weight excluding hydrogens is 511 g/mol. The molecule has 0 saturated carbocycles. The third kappa shape index (κ3) is 5.25. The number of oxime groups is 1. The number of aromatic nitrogens is 2. The molecule has 3 aromatic rings. The van der Waals surface area contributed by atoms with Crippen LogP contribution in [0.25, 0.3) is 11.8 Å². The van der Waals surface area contributed by atoms with Gasteiger partial charge >= 0.3 is 6.03 Å². The molecule has 2 aliphatic rings. The van der Waals surface area contributed by atoms with Crippen molar-refractivity contribution in [3.8, 4) is 11.4 Å². The number of carbonyl (C=O) groups excluding carboxylic acids is 1. The third-order valence-corrected chi connectivity index (χ3v) is 7.13. The first-order valence-corrected chi connectivity index (χ1v) is 13.4. The maximum absolute atomic E-state index is 13.9. The number of ether oxygens (including phenoxy) is 1. The number of halogens is 1. The Hall–Kier alpha value is -4.34. The van der Waals surface area contributed by atoms with Crippen LogP contribution in [-0.4, -0.2) is 64.5 Å². The lowest BCUT2D eigenvalue weighted by Gasteiger charge is -2.42. The van der Waals surface area contributed by atoms with Gasteiger partial charge in [0.05, 0.1) is 31.4 Å². The number of likely N-dealkylation sites (N-methyl/N-ethyl adjacent to an activating group) is 1. The molecule has 1 atom stereocenters. The van der Waals surface area contributed by atoms with Crippen molar-refractivity contribution >= 4 is 17.9 Å². The molecule has 3 heterocycles. The number of nitrogens with one attached hydrogen (secondary N) is 1. The van der Waals surface area contributed by atoms with Gasteiger partial charge in [0.1, 0.15) is 11.6 Å². The van der Waals surface area contributed by atoms with Gasteiger partial charge in [-0.2, -0.15) is 0 Å². The maximum atomic E-state index is 13.9. The summed E-state index contributed by atoms with van der Waals surface area (Å²) in [7, 11) is 3.38. The normalized spacial score (nSPS) is 19.3. The predicted octanol–water partition coefficient (Wildman–Crippen LogP) is 5.05. The molecule has 9 nitrogen and oxygen atoms in total. The van der Waals surface area contributed by atoms with Crippen LogP contribution in [0, 0.1) is 12.7 Å². The summed E-state index contributed by atoms with van der Waals surface area (Å²) in [6.45, 7) is 6.64. The second-order valence-electron chi connectivity index (χ2n) is 10.5. The molecule has 1 unspecified atom stereocenters. The molecule has 40 heavy (non-hydrogen) atoms. The van der Waals surface area contributed by atoms with E-state index in [9.17, 15) is 9.18 Å². The zero-order chi connectivity index (χ0) is 28.4. The zero-order valence-corrected chi connectivity index (χ0v) is 23.5. The van der Waals surface area contributed by atoms with Crippen molar-refractivity contribution in [2.45, 2.75) is 45.4 Å². The van der Waals surface area contributed by atoms with Crippen LogP contribution in [0.2, 0.25) is 0 Å². The van der Waals surface area contributed by atoms with Crippen molar-refractivity contribution in [1.82, 2.24) is 24.7 Å². The van der Waals surface area contributed by atoms with Crippen molar-refractivity contribution in [3.05, 3.63) is 83.2 Å². The van der Waals surface area contributed by atoms with E-state index in [0.29, 0.717) is 12.4 Å². The van der Waals surface area contributed by atoms with Crippen LogP contribution < -0.4 is 10.1 Å². The Labute approximate surface area is 233 Å². The highest BCUT2D eigenvalue weighted by Gasteiger charge is 2.51. The van der Waals surface area contributed by atoms with Crippen molar-refractivity contribution < 1.29 is 18.8 Å². The van der Waals surface area contributed by atoms with Crippen LogP contribution in [0.5, 0.6) is 5.75 Å². The number of fused-ring (bicyclic) bond motifs is 1. The van der Waals surface area contributed by atoms with Crippen LogP contribution in [0.1, 0.15) is 43.5 Å². The van der Waals surface area contributed by atoms with E-state index in [1.807, 2.05) is 49.7 Å². The fraction of sp³-hybridized carbons (Fsp3) is 0.367. The van der Waals surface area contributed by atoms with E-state index in [-0.39, 0.29) is 24.4 Å². The summed E-state index contributed by atoms with van der Waals surface area (Å²) in [6, 6.07) is 12.0. The first-order valence-electron chi connectivity index (χ1n) is 13.4. The van der Waals surface area contributed by atoms with Gasteiger partial charge in [-0.05, 0) is 87.2 Å². The standard InChI is InChI=1S/C30H35FN6O3/c1-20(2)33-29(38)35(4)18-30(24-9-11-25(31)12-10-24)37-14-6-7-23(28(37)34-40-30)15-22-8-13-26(27(16-22)39-5)36-17-21(3)32-19-36/h8-13,15-17,19-20H,6-7,14,18H2,1-5H3,(H,33,38). The van der Waals surface area contributed by atoms with Crippen molar-refractivity contribution in [1.29, 1.82) is 0 Å². The number of hydrogen-bond acceptors (Lipinski definition) is 6. The summed E-state index contributed by atoms with van der Waals surface area (Å²) < 4.78 is 21.5. The second kappa shape index (κ2) is 11.0. The molecule has 0 spiro atoms. The van der Waals surface area contributed by atoms with Crippen LogP contribution >= 0.6 is 0 Å². The fourth-order valence-electron chi connectivity index (χ4n) is 5.21. The van der Waals surface area contributed by atoms with Crippen LogP contribution in [0.3, 0.4) is 0 Å². The van der Waals surface area contributed by atoms with E-state index in [1.54, 1.807) is 37.5 Å². The van der Waals surface area contributed by atoms with E-state index in [1.165, 1.54) is 12.1 Å². The summed E-state index contributed by atoms with van der Waals surface area (Å²) in [5, 5.41) is 7.47. The van der Waals surface area contributed by atoms with Crippen LogP contribution in [0.15, 0.2) is 65.7 Å². The summed E-state index contributed by atoms with van der Waals surface area (Å²) in [5.41, 5.74) is 3.43. The molecule has 210 valence electrons. The molecule has 0 radical (unpaired) electrons. The van der Waals surface area contributed by atoms with Crippen LogP contribution in [0.4, 0.5) is 9.18 Å². The smallest absolute Gasteiger partial charge is 0.317 e. The first-order chi connectivity index (χ1) is 19.2. The molecule has 2 aliphatic heterocycles. The molecule has 10 heteroatoms. The lowest BCUT2D eigenvalue weighted by atomic mass is 9.94. The second-order valence-corrected chi connectivity index (χ2v) is 10.5. The molecule has 1 fully saturated rings. The topological polar surface area (TPSA) is 84.2 Å². The van der Waals surface area contributed by atoms with E-state index < -0.39 is 5.72 Å². The van der Waals surface area contributed by atoms with Gasteiger partial charge in [-0.1, -0.05) is 11.2 Å². The first kappa shape index (κ1) is 27.2. The molecular formula is C30H35FN6O3. The summed E-state index contributed by atoms with van der Waals surface area (Å²) in [5.74, 6) is 1.09. The molecule has 1 N–H and O–H groups in total. The number of methoxy groups -OCH3 is 1. The van der Waals surface area contributed by atoms with Gasteiger partial charge < -0.3 is 29.3 Å². The van der Waals surface area contributed by atoms with E-state index in [2.05, 4.69) is 26.4 Å². The largest absolute Gasteiger partial charge is 0.495 e. The van der Waals surface area contributed by atoms with E-state index in [4.69, 9.17) is 9.57 Å². The van der Waals surface area contributed by atoms with Gasteiger partial charge in [0, 0.05) is 31.4 Å². The van der Waals surface area contributed by atoms with Crippen molar-refractivity contribution in [2.75, 3.05) is 27.2 Å². The minimum absolute atomic E-state index is 0.0151. The Bertz CT molecular complexity index is 1450. The predicted molar refractivity (Wildman–Crippen MR) is 152 cm³/mol. The number of rotatable bonds is 7. The Balaban J connectivity index is 1.48. The lowest BCUT2D eigenvalue weighted by Crippen LogP contribution is -2.56. The Kier molecular flexibility index (Phi) is 7.51. The van der Waals surface area contributed by atoms with Gasteiger partial charge in [0.2, 0.25) is 0 Å². The van der Waals surface area contributed by atoms with Gasteiger partial charge in [-0.15, -0.1) is 0 Å². The molecule has 2 aromatic carbocycles. The molecule has 0 aliphatic carbocycles. The van der Waals surface area contributed by atoms with Gasteiger partial charge in [0.25, 0.3) is 5.72 Å². The lowest BCUT2D eigenvalue weighted by molar-refractivity contribution is -0.116. The average Bonchev–Trinajstić information content (AvgIpc) is 3.53. The minimum atomic E-state index is -1.09. The highest BCUT2D eigenvalue weighted by molar-refractivity contribution is 6.03. The fourth-order valence-corrected chi connectivity index (χ4v) is 5.21. The number of aryl methyl sites for hydroxylation is 1. The molecule has 5 rings (SSSR count). The minimum Gasteiger partial charge on any atom is -0.495 e. The summed E-state index contributed by atoms with van der Waals surface area (Å²) >= 11 is 0. The highest BCUT2D eigenvalue weighted by atomic mass is 19.1. The SMILES string of the molecule is COc1cc(C=C2CCCN3C2=NOC3(CN(C)C(=O)NC(C)C)c2ccc(F)cc2)ccc1-n1cnc(C)c1. The van der Waals surface area contributed by atoms with Gasteiger partial charge in [0.15, 0.2) is 5.84 Å². The number of amidine groups is 1. The number of nitrogens with zero attached hydrogens (tertiary/aromatic N) is 5. The third-order valence-electron chi connectivity index (χ3n) is 7.13. The molecule has 0 bridgehead atoms. The molecule has 1 saturated heterocycles. The zero-order valence-electron chi connectivity index (χ0n) is 23.5. The van der Waals surface area contributed by atoms with Crippen molar-refractivity contribution in [2.24, 2.45) is 5.16 Å². The quantitative estimate of drug-likeness (QED) is 0.448. The number of carbonyl (C=O) groups is 1. The Morgan fingerprint density at radius 3 is 2.73 bits per heavy atom. The maximum Gasteiger partial charge on any atom is 0.317 e. The Morgan fingerprint density at radius 2 is 2.05 bits per heavy atom. The van der Waals surface area contributed by atoms with Crippen LogP contribution in [-0.2, 0) is 10.6 Å². The molecule has 1 aromatic heterocycles. The Morgan fingerprint density at radius 1 is 1.27 bits per heavy atom. The summed E-state index contributed by atoms with van der Waals surface area (Å²) in [6.07, 6.45) is 7.49. The number of piperidine rings is 1. The number of hydrogen-bond donors (Lipinski definition) is 1. The number of imidazole rings is 1. The number of amides is 2. The van der Waals surface area contributed by atoms with Gasteiger partial charge in [-0.3, -0.25) is 0 Å².